The number of nitrogens with zero attached hydrogens (tertiary/aromatic N) is 1. The molecule has 0 heterocycles. The lowest BCUT2D eigenvalue weighted by Gasteiger charge is -2.23. The summed E-state index contributed by atoms with van der Waals surface area (Å²) in [7, 11) is 1.52. The number of carbonyl (C=O) groups excluding carboxylic acids is 2. The number of hydrogen-bond acceptors (Lipinski definition) is 4. The van der Waals surface area contributed by atoms with E-state index in [1.54, 1.807) is 23.1 Å². The molecular formula is C25H25NO4. The Morgan fingerprint density at radius 2 is 1.57 bits per heavy atom. The topological polar surface area (TPSA) is 55.8 Å². The molecule has 0 unspecified atom stereocenters. The minimum Gasteiger partial charge on any atom is -0.493 e. The van der Waals surface area contributed by atoms with Gasteiger partial charge in [0.2, 0.25) is 0 Å². The maximum absolute atomic E-state index is 13.0. The molecule has 0 saturated carbocycles. The second-order valence-electron chi connectivity index (χ2n) is 6.85. The van der Waals surface area contributed by atoms with E-state index in [-0.39, 0.29) is 12.5 Å². The number of carbonyl (C=O) groups is 2. The number of ether oxygens (including phenoxy) is 2. The molecule has 3 aromatic rings. The third kappa shape index (κ3) is 5.95. The maximum atomic E-state index is 13.0. The van der Waals surface area contributed by atoms with Gasteiger partial charge in [0.05, 0.1) is 7.11 Å². The minimum absolute atomic E-state index is 0.131. The molecule has 0 aromatic heterocycles. The Morgan fingerprint density at radius 1 is 0.900 bits per heavy atom. The summed E-state index contributed by atoms with van der Waals surface area (Å²) in [5.74, 6) is 0.721. The van der Waals surface area contributed by atoms with Gasteiger partial charge in [-0.1, -0.05) is 60.7 Å². The molecule has 0 aliphatic carbocycles. The van der Waals surface area contributed by atoms with Gasteiger partial charge in [0.15, 0.2) is 18.1 Å². The lowest BCUT2D eigenvalue weighted by atomic mass is 10.1. The lowest BCUT2D eigenvalue weighted by molar-refractivity contribution is -0.134. The van der Waals surface area contributed by atoms with Crippen molar-refractivity contribution < 1.29 is 19.1 Å². The first-order valence-corrected chi connectivity index (χ1v) is 9.81. The van der Waals surface area contributed by atoms with Gasteiger partial charge in [0.25, 0.3) is 5.91 Å². The summed E-state index contributed by atoms with van der Waals surface area (Å²) in [6, 6.07) is 24.8. The highest BCUT2D eigenvalue weighted by Gasteiger charge is 2.16. The van der Waals surface area contributed by atoms with Gasteiger partial charge < -0.3 is 14.4 Å². The molecule has 0 spiro atoms. The van der Waals surface area contributed by atoms with Crippen molar-refractivity contribution in [3.8, 4) is 11.5 Å². The number of benzene rings is 3. The largest absolute Gasteiger partial charge is 0.493 e. The Balaban J connectivity index is 1.70. The van der Waals surface area contributed by atoms with Crippen molar-refractivity contribution in [3.63, 3.8) is 0 Å². The molecule has 0 bridgehead atoms. The molecule has 3 rings (SSSR count). The summed E-state index contributed by atoms with van der Waals surface area (Å²) in [5.41, 5.74) is 2.69. The number of methoxy groups -OCH3 is 1. The number of aldehydes is 1. The normalized spacial score (nSPS) is 10.3. The van der Waals surface area contributed by atoms with Gasteiger partial charge in [-0.2, -0.15) is 0 Å². The van der Waals surface area contributed by atoms with Gasteiger partial charge in [-0.3, -0.25) is 9.59 Å². The Hall–Kier alpha value is -3.60. The number of rotatable bonds is 10. The summed E-state index contributed by atoms with van der Waals surface area (Å²) in [6.07, 6.45) is 1.49. The molecule has 5 nitrogen and oxygen atoms in total. The summed E-state index contributed by atoms with van der Waals surface area (Å²) in [6.45, 7) is 0.939. The molecule has 0 fully saturated rings. The number of amides is 1. The molecule has 0 saturated heterocycles. The van der Waals surface area contributed by atoms with Crippen LogP contribution in [0, 0.1) is 0 Å². The predicted octanol–water partition coefficient (Wildman–Crippen LogP) is 4.16. The third-order valence-corrected chi connectivity index (χ3v) is 4.76. The summed E-state index contributed by atoms with van der Waals surface area (Å²) in [5, 5.41) is 0. The van der Waals surface area contributed by atoms with Crippen LogP contribution < -0.4 is 9.47 Å². The van der Waals surface area contributed by atoms with E-state index in [1.807, 2.05) is 48.5 Å². The van der Waals surface area contributed by atoms with Crippen molar-refractivity contribution in [2.45, 2.75) is 13.0 Å². The van der Waals surface area contributed by atoms with Crippen LogP contribution in [-0.2, 0) is 17.8 Å². The average molecular weight is 403 g/mol. The van der Waals surface area contributed by atoms with Crippen molar-refractivity contribution in [3.05, 3.63) is 95.6 Å². The van der Waals surface area contributed by atoms with E-state index < -0.39 is 0 Å². The van der Waals surface area contributed by atoms with E-state index in [9.17, 15) is 9.59 Å². The Bertz CT molecular complexity index is 957. The smallest absolute Gasteiger partial charge is 0.260 e. The predicted molar refractivity (Wildman–Crippen MR) is 116 cm³/mol. The standard InChI is InChI=1S/C25H25NO4/c1-29-23-13-12-22(18-27)16-24(23)30-19-25(28)26(17-21-10-6-3-7-11-21)15-14-20-8-4-2-5-9-20/h2-13,16,18H,14-15,17,19H2,1H3. The zero-order chi connectivity index (χ0) is 21.2. The first-order valence-electron chi connectivity index (χ1n) is 9.81. The maximum Gasteiger partial charge on any atom is 0.260 e. The molecule has 0 aliphatic heterocycles. The highest BCUT2D eigenvalue weighted by Crippen LogP contribution is 2.27. The molecule has 0 aliphatic rings. The van der Waals surface area contributed by atoms with Gasteiger partial charge in [-0.15, -0.1) is 0 Å². The Labute approximate surface area is 176 Å². The second-order valence-corrected chi connectivity index (χ2v) is 6.85. The van der Waals surface area contributed by atoms with Crippen LogP contribution >= 0.6 is 0 Å². The molecule has 30 heavy (non-hydrogen) atoms. The summed E-state index contributed by atoms with van der Waals surface area (Å²) in [4.78, 5) is 25.8. The van der Waals surface area contributed by atoms with Crippen molar-refractivity contribution in [1.82, 2.24) is 4.90 Å². The van der Waals surface area contributed by atoms with Crippen LogP contribution in [0.4, 0.5) is 0 Å². The van der Waals surface area contributed by atoms with E-state index >= 15 is 0 Å². The van der Waals surface area contributed by atoms with Crippen LogP contribution in [0.1, 0.15) is 21.5 Å². The summed E-state index contributed by atoms with van der Waals surface area (Å²) >= 11 is 0. The van der Waals surface area contributed by atoms with E-state index in [2.05, 4.69) is 12.1 Å². The SMILES string of the molecule is COc1ccc(C=O)cc1OCC(=O)N(CCc1ccccc1)Cc1ccccc1. The molecule has 3 aromatic carbocycles. The second kappa shape index (κ2) is 10.8. The molecule has 1 amide bonds. The Morgan fingerprint density at radius 3 is 2.20 bits per heavy atom. The van der Waals surface area contributed by atoms with E-state index in [1.165, 1.54) is 12.7 Å². The highest BCUT2D eigenvalue weighted by atomic mass is 16.5. The molecular weight excluding hydrogens is 378 g/mol. The first kappa shape index (κ1) is 21.1. The number of hydrogen-bond donors (Lipinski definition) is 0. The molecule has 5 heteroatoms. The van der Waals surface area contributed by atoms with E-state index in [0.29, 0.717) is 30.2 Å². The van der Waals surface area contributed by atoms with Crippen LogP contribution in [-0.4, -0.2) is 37.4 Å². The fourth-order valence-electron chi connectivity index (χ4n) is 3.11. The van der Waals surface area contributed by atoms with Gasteiger partial charge in [-0.05, 0) is 35.7 Å². The van der Waals surface area contributed by atoms with E-state index in [0.717, 1.165) is 18.3 Å². The highest BCUT2D eigenvalue weighted by molar-refractivity contribution is 5.79. The van der Waals surface area contributed by atoms with E-state index in [4.69, 9.17) is 9.47 Å². The third-order valence-electron chi connectivity index (χ3n) is 4.76. The monoisotopic (exact) mass is 403 g/mol. The van der Waals surface area contributed by atoms with Crippen LogP contribution in [0.15, 0.2) is 78.9 Å². The van der Waals surface area contributed by atoms with Gasteiger partial charge in [0.1, 0.15) is 6.29 Å². The average Bonchev–Trinajstić information content (AvgIpc) is 2.81. The van der Waals surface area contributed by atoms with Crippen LogP contribution in [0.25, 0.3) is 0 Å². The fourth-order valence-corrected chi connectivity index (χ4v) is 3.11. The van der Waals surface area contributed by atoms with Crippen LogP contribution in [0.3, 0.4) is 0 Å². The lowest BCUT2D eigenvalue weighted by Crippen LogP contribution is -2.36. The van der Waals surface area contributed by atoms with Gasteiger partial charge >= 0.3 is 0 Å². The molecule has 154 valence electrons. The van der Waals surface area contributed by atoms with Crippen molar-refractivity contribution >= 4 is 12.2 Å². The summed E-state index contributed by atoms with van der Waals surface area (Å²) < 4.78 is 11.0. The molecule has 0 atom stereocenters. The fraction of sp³-hybridized carbons (Fsp3) is 0.200. The zero-order valence-corrected chi connectivity index (χ0v) is 17.0. The first-order chi connectivity index (χ1) is 14.7. The quantitative estimate of drug-likeness (QED) is 0.477. The van der Waals surface area contributed by atoms with Gasteiger partial charge in [-0.25, -0.2) is 0 Å². The van der Waals surface area contributed by atoms with Crippen molar-refractivity contribution in [2.75, 3.05) is 20.3 Å². The van der Waals surface area contributed by atoms with Crippen molar-refractivity contribution in [2.24, 2.45) is 0 Å². The minimum atomic E-state index is -0.139. The molecule has 0 radical (unpaired) electrons. The van der Waals surface area contributed by atoms with Crippen molar-refractivity contribution in [1.29, 1.82) is 0 Å². The van der Waals surface area contributed by atoms with Crippen LogP contribution in [0.5, 0.6) is 11.5 Å². The van der Waals surface area contributed by atoms with Gasteiger partial charge in [0, 0.05) is 18.7 Å². The Kier molecular flexibility index (Phi) is 7.61. The zero-order valence-electron chi connectivity index (χ0n) is 17.0. The molecule has 0 N–H and O–H groups in total. The van der Waals surface area contributed by atoms with Crippen LogP contribution in [0.2, 0.25) is 0 Å².